The summed E-state index contributed by atoms with van der Waals surface area (Å²) >= 11 is 0. The van der Waals surface area contributed by atoms with E-state index >= 15 is 0 Å². The summed E-state index contributed by atoms with van der Waals surface area (Å²) in [6, 6.07) is 13.1. The second-order valence-electron chi connectivity index (χ2n) is 4.68. The molecule has 0 aliphatic heterocycles. The largest absolute Gasteiger partial charge is 0.444 e. The summed E-state index contributed by atoms with van der Waals surface area (Å²) in [5.74, 6) is -0.480. The van der Waals surface area contributed by atoms with E-state index in [2.05, 4.69) is 4.57 Å². The number of carbonyl (C=O) groups excluding carboxylic acids is 1. The van der Waals surface area contributed by atoms with Gasteiger partial charge in [-0.25, -0.2) is 4.79 Å². The molecular formula is C16H16N2O2. The quantitative estimate of drug-likeness (QED) is 0.803. The zero-order valence-electron chi connectivity index (χ0n) is 11.8. The molecule has 2 aromatic rings. The average Bonchev–Trinajstić information content (AvgIpc) is 2.78. The van der Waals surface area contributed by atoms with E-state index in [-0.39, 0.29) is 0 Å². The molecule has 2 rings (SSSR count). The first-order chi connectivity index (χ1) is 9.52. The van der Waals surface area contributed by atoms with E-state index in [1.807, 2.05) is 44.2 Å². The van der Waals surface area contributed by atoms with Crippen LogP contribution in [0, 0.1) is 25.2 Å². The van der Waals surface area contributed by atoms with Gasteiger partial charge in [0, 0.05) is 17.1 Å². The topological polar surface area (TPSA) is 55.0 Å². The first-order valence-corrected chi connectivity index (χ1v) is 6.39. The van der Waals surface area contributed by atoms with Crippen LogP contribution in [0.25, 0.3) is 5.69 Å². The second kappa shape index (κ2) is 5.62. The standard InChI is InChI=1S/C16H16N2O2/c1-11-4-5-12(2)18(11)15-8-6-14(7-9-15)16(19)20-13(3)10-17/h4-9,13H,1-3H3. The predicted octanol–water partition coefficient (Wildman–Crippen LogP) is 3.16. The zero-order valence-corrected chi connectivity index (χ0v) is 11.8. The van der Waals surface area contributed by atoms with E-state index in [0.717, 1.165) is 17.1 Å². The minimum absolute atomic E-state index is 0.443. The SMILES string of the molecule is Cc1ccc(C)n1-c1ccc(C(=O)OC(C)C#N)cc1. The fourth-order valence-electron chi connectivity index (χ4n) is 2.08. The number of aryl methyl sites for hydroxylation is 2. The molecular weight excluding hydrogens is 252 g/mol. The van der Waals surface area contributed by atoms with Crippen molar-refractivity contribution in [3.8, 4) is 11.8 Å². The molecule has 0 spiro atoms. The van der Waals surface area contributed by atoms with Gasteiger partial charge in [-0.1, -0.05) is 0 Å². The van der Waals surface area contributed by atoms with Gasteiger partial charge < -0.3 is 9.30 Å². The van der Waals surface area contributed by atoms with E-state index in [4.69, 9.17) is 10.00 Å². The van der Waals surface area contributed by atoms with Crippen molar-refractivity contribution in [2.24, 2.45) is 0 Å². The predicted molar refractivity (Wildman–Crippen MR) is 75.7 cm³/mol. The monoisotopic (exact) mass is 268 g/mol. The van der Waals surface area contributed by atoms with Gasteiger partial charge >= 0.3 is 5.97 Å². The summed E-state index contributed by atoms with van der Waals surface area (Å²) in [6.45, 7) is 5.60. The first kappa shape index (κ1) is 13.9. The molecule has 102 valence electrons. The third kappa shape index (κ3) is 2.72. The minimum atomic E-state index is -0.740. The van der Waals surface area contributed by atoms with Crippen molar-refractivity contribution >= 4 is 5.97 Å². The lowest BCUT2D eigenvalue weighted by Gasteiger charge is -2.10. The molecule has 20 heavy (non-hydrogen) atoms. The van der Waals surface area contributed by atoms with Crippen LogP contribution in [-0.4, -0.2) is 16.6 Å². The minimum Gasteiger partial charge on any atom is -0.444 e. The lowest BCUT2D eigenvalue weighted by atomic mass is 10.2. The van der Waals surface area contributed by atoms with Crippen LogP contribution in [0.4, 0.5) is 0 Å². The van der Waals surface area contributed by atoms with E-state index in [1.54, 1.807) is 19.1 Å². The molecule has 1 aromatic heterocycles. The first-order valence-electron chi connectivity index (χ1n) is 6.39. The Balaban J connectivity index is 2.23. The fourth-order valence-corrected chi connectivity index (χ4v) is 2.08. The van der Waals surface area contributed by atoms with Crippen molar-refractivity contribution < 1.29 is 9.53 Å². The molecule has 1 unspecified atom stereocenters. The fraction of sp³-hybridized carbons (Fsp3) is 0.250. The maximum Gasteiger partial charge on any atom is 0.339 e. The Morgan fingerprint density at radius 3 is 2.20 bits per heavy atom. The van der Waals surface area contributed by atoms with Crippen LogP contribution < -0.4 is 0 Å². The lowest BCUT2D eigenvalue weighted by molar-refractivity contribution is 0.0435. The molecule has 0 saturated heterocycles. The third-order valence-corrected chi connectivity index (χ3v) is 3.10. The Morgan fingerprint density at radius 1 is 1.15 bits per heavy atom. The highest BCUT2D eigenvalue weighted by Gasteiger charge is 2.11. The molecule has 4 heteroatoms. The van der Waals surface area contributed by atoms with Crippen LogP contribution in [-0.2, 0) is 4.74 Å². The van der Waals surface area contributed by atoms with E-state index in [0.29, 0.717) is 5.56 Å². The van der Waals surface area contributed by atoms with Crippen LogP contribution in [0.2, 0.25) is 0 Å². The molecule has 1 atom stereocenters. The zero-order chi connectivity index (χ0) is 14.7. The molecule has 4 nitrogen and oxygen atoms in total. The van der Waals surface area contributed by atoms with Crippen molar-refractivity contribution in [3.63, 3.8) is 0 Å². The lowest BCUT2D eigenvalue weighted by Crippen LogP contribution is -2.13. The van der Waals surface area contributed by atoms with Crippen molar-refractivity contribution in [3.05, 3.63) is 53.3 Å². The number of aromatic nitrogens is 1. The summed E-state index contributed by atoms with van der Waals surface area (Å²) in [5.41, 5.74) is 3.71. The van der Waals surface area contributed by atoms with Crippen molar-refractivity contribution in [1.82, 2.24) is 4.57 Å². The number of hydrogen-bond acceptors (Lipinski definition) is 3. The van der Waals surface area contributed by atoms with Gasteiger partial charge in [-0.3, -0.25) is 0 Å². The van der Waals surface area contributed by atoms with Crippen molar-refractivity contribution in [2.45, 2.75) is 26.9 Å². The van der Waals surface area contributed by atoms with Gasteiger partial charge in [0.25, 0.3) is 0 Å². The number of esters is 1. The highest BCUT2D eigenvalue weighted by Crippen LogP contribution is 2.17. The normalized spacial score (nSPS) is 11.7. The molecule has 0 aliphatic rings. The van der Waals surface area contributed by atoms with E-state index in [9.17, 15) is 4.79 Å². The number of hydrogen-bond donors (Lipinski definition) is 0. The summed E-state index contributed by atoms with van der Waals surface area (Å²) in [7, 11) is 0. The number of nitrogens with zero attached hydrogens (tertiary/aromatic N) is 2. The number of rotatable bonds is 3. The van der Waals surface area contributed by atoms with Gasteiger partial charge in [-0.05, 0) is 57.2 Å². The van der Waals surface area contributed by atoms with Crippen LogP contribution in [0.15, 0.2) is 36.4 Å². The molecule has 1 aromatic carbocycles. The highest BCUT2D eigenvalue weighted by atomic mass is 16.5. The maximum atomic E-state index is 11.8. The molecule has 0 fully saturated rings. The summed E-state index contributed by atoms with van der Waals surface area (Å²) < 4.78 is 7.06. The average molecular weight is 268 g/mol. The van der Waals surface area contributed by atoms with Crippen LogP contribution >= 0.6 is 0 Å². The number of carbonyl (C=O) groups is 1. The molecule has 0 bridgehead atoms. The molecule has 0 aliphatic carbocycles. The Bertz CT molecular complexity index is 643. The summed E-state index contributed by atoms with van der Waals surface area (Å²) in [5, 5.41) is 8.63. The van der Waals surface area contributed by atoms with Gasteiger partial charge in [-0.2, -0.15) is 5.26 Å². The Kier molecular flexibility index (Phi) is 3.90. The molecule has 0 N–H and O–H groups in total. The van der Waals surface area contributed by atoms with Gasteiger partial charge in [-0.15, -0.1) is 0 Å². The van der Waals surface area contributed by atoms with Gasteiger partial charge in [0.15, 0.2) is 6.10 Å². The Morgan fingerprint density at radius 2 is 1.70 bits per heavy atom. The number of nitriles is 1. The highest BCUT2D eigenvalue weighted by molar-refractivity contribution is 5.89. The maximum absolute atomic E-state index is 11.8. The molecule has 0 amide bonds. The van der Waals surface area contributed by atoms with Gasteiger partial charge in [0.05, 0.1) is 5.56 Å². The van der Waals surface area contributed by atoms with Crippen molar-refractivity contribution in [2.75, 3.05) is 0 Å². The molecule has 0 radical (unpaired) electrons. The van der Waals surface area contributed by atoms with Crippen LogP contribution in [0.1, 0.15) is 28.7 Å². The third-order valence-electron chi connectivity index (χ3n) is 3.10. The number of benzene rings is 1. The Hall–Kier alpha value is -2.54. The summed E-state index contributed by atoms with van der Waals surface area (Å²) in [6.07, 6.45) is -0.740. The molecule has 1 heterocycles. The van der Waals surface area contributed by atoms with E-state index < -0.39 is 12.1 Å². The molecule has 0 saturated carbocycles. The van der Waals surface area contributed by atoms with E-state index in [1.165, 1.54) is 0 Å². The van der Waals surface area contributed by atoms with Crippen LogP contribution in [0.3, 0.4) is 0 Å². The van der Waals surface area contributed by atoms with Gasteiger partial charge in [0.1, 0.15) is 6.07 Å². The number of ether oxygens (including phenoxy) is 1. The smallest absolute Gasteiger partial charge is 0.339 e. The Labute approximate surface area is 118 Å². The van der Waals surface area contributed by atoms with Crippen molar-refractivity contribution in [1.29, 1.82) is 5.26 Å². The van der Waals surface area contributed by atoms with Gasteiger partial charge in [0.2, 0.25) is 0 Å². The van der Waals surface area contributed by atoms with Crippen LogP contribution in [0.5, 0.6) is 0 Å². The second-order valence-corrected chi connectivity index (χ2v) is 4.68. The summed E-state index contributed by atoms with van der Waals surface area (Å²) in [4.78, 5) is 11.8.